The number of allylic oxidation sites excluding steroid dienone is 4. The second kappa shape index (κ2) is 2.51. The monoisotopic (exact) mass is 148 g/mol. The highest BCUT2D eigenvalue weighted by atomic mass is 14.3. The second-order valence-corrected chi connectivity index (χ2v) is 3.85. The first kappa shape index (κ1) is 7.15. The number of hydrogen-bond donors (Lipinski definition) is 0. The highest BCUT2D eigenvalue weighted by Crippen LogP contribution is 2.39. The zero-order chi connectivity index (χ0) is 7.84. The Morgan fingerprint density at radius 2 is 2.00 bits per heavy atom. The Balaban J connectivity index is 2.34. The lowest BCUT2D eigenvalue weighted by Gasteiger charge is -2.17. The fourth-order valence-electron chi connectivity index (χ4n) is 2.46. The normalized spacial score (nSPS) is 30.4. The Labute approximate surface area is 69.0 Å². The van der Waals surface area contributed by atoms with Gasteiger partial charge in [-0.15, -0.1) is 0 Å². The average Bonchev–Trinajstić information content (AvgIpc) is 2.30. The summed E-state index contributed by atoms with van der Waals surface area (Å²) in [5.74, 6) is 0.755. The fraction of sp³-hybridized carbons (Fsp3) is 0.636. The molecule has 2 rings (SSSR count). The highest BCUT2D eigenvalue weighted by molar-refractivity contribution is 5.44. The van der Waals surface area contributed by atoms with Gasteiger partial charge in [0.1, 0.15) is 0 Å². The molecule has 11 heavy (non-hydrogen) atoms. The summed E-state index contributed by atoms with van der Waals surface area (Å²) in [6, 6.07) is 0. The summed E-state index contributed by atoms with van der Waals surface area (Å²) >= 11 is 0. The first-order valence-corrected chi connectivity index (χ1v) is 4.70. The van der Waals surface area contributed by atoms with Gasteiger partial charge in [-0.25, -0.2) is 0 Å². The maximum absolute atomic E-state index is 2.43. The van der Waals surface area contributed by atoms with Crippen LogP contribution >= 0.6 is 0 Å². The van der Waals surface area contributed by atoms with Crippen LogP contribution in [-0.4, -0.2) is 0 Å². The first-order valence-electron chi connectivity index (χ1n) is 4.70. The summed E-state index contributed by atoms with van der Waals surface area (Å²) < 4.78 is 0. The van der Waals surface area contributed by atoms with Gasteiger partial charge < -0.3 is 0 Å². The molecule has 1 atom stereocenters. The summed E-state index contributed by atoms with van der Waals surface area (Å²) in [4.78, 5) is 0. The van der Waals surface area contributed by atoms with Gasteiger partial charge >= 0.3 is 0 Å². The van der Waals surface area contributed by atoms with Crippen LogP contribution in [0.15, 0.2) is 22.8 Å². The minimum absolute atomic E-state index is 0.755. The van der Waals surface area contributed by atoms with Crippen molar-refractivity contribution < 1.29 is 0 Å². The van der Waals surface area contributed by atoms with Crippen molar-refractivity contribution >= 4 is 0 Å². The average molecular weight is 148 g/mol. The molecule has 0 aromatic heterocycles. The molecular weight excluding hydrogens is 132 g/mol. The van der Waals surface area contributed by atoms with Crippen molar-refractivity contribution in [2.24, 2.45) is 5.92 Å². The van der Waals surface area contributed by atoms with Crippen LogP contribution in [-0.2, 0) is 0 Å². The molecular formula is C11H16. The SMILES string of the molecule is CC1=CC(C)C2=C1CCCC2. The molecule has 0 bridgehead atoms. The highest BCUT2D eigenvalue weighted by Gasteiger charge is 2.22. The van der Waals surface area contributed by atoms with Crippen molar-refractivity contribution in [3.05, 3.63) is 22.8 Å². The molecule has 0 aliphatic heterocycles. The molecule has 0 saturated carbocycles. The van der Waals surface area contributed by atoms with Gasteiger partial charge in [-0.2, -0.15) is 0 Å². The van der Waals surface area contributed by atoms with E-state index >= 15 is 0 Å². The van der Waals surface area contributed by atoms with Crippen molar-refractivity contribution in [3.63, 3.8) is 0 Å². The zero-order valence-electron chi connectivity index (χ0n) is 7.48. The minimum Gasteiger partial charge on any atom is -0.0744 e. The third-order valence-electron chi connectivity index (χ3n) is 3.04. The van der Waals surface area contributed by atoms with E-state index in [1.807, 2.05) is 0 Å². The summed E-state index contributed by atoms with van der Waals surface area (Å²) in [6.45, 7) is 4.60. The van der Waals surface area contributed by atoms with Crippen LogP contribution in [0.5, 0.6) is 0 Å². The van der Waals surface area contributed by atoms with Crippen molar-refractivity contribution in [1.29, 1.82) is 0 Å². The van der Waals surface area contributed by atoms with Crippen molar-refractivity contribution in [3.8, 4) is 0 Å². The third-order valence-corrected chi connectivity index (χ3v) is 3.04. The van der Waals surface area contributed by atoms with E-state index in [1.165, 1.54) is 25.7 Å². The Morgan fingerprint density at radius 3 is 2.73 bits per heavy atom. The van der Waals surface area contributed by atoms with Gasteiger partial charge in [-0.05, 0) is 44.1 Å². The maximum Gasteiger partial charge on any atom is -0.00399 e. The van der Waals surface area contributed by atoms with Gasteiger partial charge in [-0.3, -0.25) is 0 Å². The smallest absolute Gasteiger partial charge is 0.00399 e. The Morgan fingerprint density at radius 1 is 1.27 bits per heavy atom. The van der Waals surface area contributed by atoms with Crippen LogP contribution in [0, 0.1) is 5.92 Å². The molecule has 0 amide bonds. The van der Waals surface area contributed by atoms with Crippen molar-refractivity contribution in [2.45, 2.75) is 39.5 Å². The standard InChI is InChI=1S/C11H16/c1-8-7-9(2)11-6-4-3-5-10(8)11/h7-8H,3-6H2,1-2H3. The second-order valence-electron chi connectivity index (χ2n) is 3.85. The Bertz CT molecular complexity index is 230. The number of rotatable bonds is 0. The minimum atomic E-state index is 0.755. The van der Waals surface area contributed by atoms with E-state index < -0.39 is 0 Å². The summed E-state index contributed by atoms with van der Waals surface area (Å²) in [6.07, 6.45) is 7.98. The van der Waals surface area contributed by atoms with Gasteiger partial charge in [0, 0.05) is 0 Å². The van der Waals surface area contributed by atoms with Crippen LogP contribution in [0.1, 0.15) is 39.5 Å². The topological polar surface area (TPSA) is 0 Å². The van der Waals surface area contributed by atoms with Gasteiger partial charge in [0.15, 0.2) is 0 Å². The summed E-state index contributed by atoms with van der Waals surface area (Å²) in [7, 11) is 0. The van der Waals surface area contributed by atoms with E-state index in [0.717, 1.165) is 5.92 Å². The first-order chi connectivity index (χ1) is 5.29. The molecule has 1 unspecified atom stereocenters. The summed E-state index contributed by atoms with van der Waals surface area (Å²) in [5.41, 5.74) is 5.00. The van der Waals surface area contributed by atoms with E-state index in [0.29, 0.717) is 0 Å². The van der Waals surface area contributed by atoms with E-state index in [9.17, 15) is 0 Å². The van der Waals surface area contributed by atoms with Crippen LogP contribution in [0.4, 0.5) is 0 Å². The van der Waals surface area contributed by atoms with Gasteiger partial charge in [0.2, 0.25) is 0 Å². The van der Waals surface area contributed by atoms with Gasteiger partial charge in [0.25, 0.3) is 0 Å². The Kier molecular flexibility index (Phi) is 1.63. The Hall–Kier alpha value is -0.520. The van der Waals surface area contributed by atoms with Crippen molar-refractivity contribution in [2.75, 3.05) is 0 Å². The van der Waals surface area contributed by atoms with Crippen LogP contribution in [0.3, 0.4) is 0 Å². The predicted octanol–water partition coefficient (Wildman–Crippen LogP) is 3.45. The van der Waals surface area contributed by atoms with E-state index in [4.69, 9.17) is 0 Å². The molecule has 0 aromatic carbocycles. The molecule has 0 aromatic rings. The lowest BCUT2D eigenvalue weighted by atomic mass is 9.88. The third kappa shape index (κ3) is 1.05. The predicted molar refractivity (Wildman–Crippen MR) is 48.4 cm³/mol. The molecule has 0 heteroatoms. The molecule has 0 N–H and O–H groups in total. The van der Waals surface area contributed by atoms with Crippen molar-refractivity contribution in [1.82, 2.24) is 0 Å². The van der Waals surface area contributed by atoms with Gasteiger partial charge in [-0.1, -0.05) is 24.1 Å². The fourth-order valence-corrected chi connectivity index (χ4v) is 2.46. The van der Waals surface area contributed by atoms with Gasteiger partial charge in [0.05, 0.1) is 0 Å². The lowest BCUT2D eigenvalue weighted by molar-refractivity contribution is 0.643. The van der Waals surface area contributed by atoms with Crippen LogP contribution < -0.4 is 0 Å². The van der Waals surface area contributed by atoms with E-state index in [2.05, 4.69) is 19.9 Å². The van der Waals surface area contributed by atoms with Crippen LogP contribution in [0.2, 0.25) is 0 Å². The quantitative estimate of drug-likeness (QED) is 0.493. The zero-order valence-corrected chi connectivity index (χ0v) is 7.48. The molecule has 0 nitrogen and oxygen atoms in total. The molecule has 0 heterocycles. The largest absolute Gasteiger partial charge is 0.0744 e. The van der Waals surface area contributed by atoms with E-state index in [-0.39, 0.29) is 0 Å². The molecule has 0 radical (unpaired) electrons. The molecule has 0 fully saturated rings. The summed E-state index contributed by atoms with van der Waals surface area (Å²) in [5, 5.41) is 0. The maximum atomic E-state index is 2.43. The molecule has 0 spiro atoms. The van der Waals surface area contributed by atoms with E-state index in [1.54, 1.807) is 16.7 Å². The van der Waals surface area contributed by atoms with Crippen LogP contribution in [0.25, 0.3) is 0 Å². The molecule has 2 aliphatic carbocycles. The molecule has 2 aliphatic rings. The number of hydrogen-bond acceptors (Lipinski definition) is 0. The molecule has 0 saturated heterocycles. The lowest BCUT2D eigenvalue weighted by Crippen LogP contribution is -2.00. The molecule has 60 valence electrons.